The first kappa shape index (κ1) is 13.5. The van der Waals surface area contributed by atoms with Crippen molar-refractivity contribution in [2.45, 2.75) is 26.7 Å². The van der Waals surface area contributed by atoms with E-state index in [2.05, 4.69) is 43.3 Å². The van der Waals surface area contributed by atoms with Crippen molar-refractivity contribution in [3.63, 3.8) is 0 Å². The Hall–Kier alpha value is -2.49. The van der Waals surface area contributed by atoms with Crippen LogP contribution in [0.3, 0.4) is 0 Å². The molecular weight excluding hydrogens is 264 g/mol. The molecule has 0 aliphatic heterocycles. The standard InChI is InChI=1S/C17H18N2O2/c1-10(2)12-4-6-13(7-5-12)15-16(21-19-17(15)18)14-8-11(3)20-9-14/h4-10H,1-3H3,(H2,18,19). The maximum absolute atomic E-state index is 5.98. The number of furan rings is 1. The number of nitrogens with two attached hydrogens (primary N) is 1. The molecule has 0 unspecified atom stereocenters. The monoisotopic (exact) mass is 282 g/mol. The van der Waals surface area contributed by atoms with Crippen LogP contribution in [0.25, 0.3) is 22.5 Å². The lowest BCUT2D eigenvalue weighted by atomic mass is 9.98. The van der Waals surface area contributed by atoms with Crippen LogP contribution in [-0.4, -0.2) is 5.16 Å². The summed E-state index contributed by atoms with van der Waals surface area (Å²) in [5, 5.41) is 3.90. The van der Waals surface area contributed by atoms with Gasteiger partial charge in [0.25, 0.3) is 0 Å². The number of aryl methyl sites for hydroxylation is 1. The molecule has 4 heteroatoms. The molecule has 0 spiro atoms. The molecule has 108 valence electrons. The number of aromatic nitrogens is 1. The third kappa shape index (κ3) is 2.44. The van der Waals surface area contributed by atoms with Gasteiger partial charge in [-0.25, -0.2) is 0 Å². The summed E-state index contributed by atoms with van der Waals surface area (Å²) in [4.78, 5) is 0. The first-order chi connectivity index (χ1) is 10.1. The van der Waals surface area contributed by atoms with Crippen LogP contribution in [0.1, 0.15) is 31.1 Å². The van der Waals surface area contributed by atoms with Crippen molar-refractivity contribution in [2.75, 3.05) is 5.73 Å². The maximum Gasteiger partial charge on any atom is 0.180 e. The molecule has 3 aromatic rings. The molecule has 21 heavy (non-hydrogen) atoms. The molecule has 0 atom stereocenters. The Morgan fingerprint density at radius 1 is 1.10 bits per heavy atom. The van der Waals surface area contributed by atoms with Crippen LogP contribution in [0.2, 0.25) is 0 Å². The molecule has 0 amide bonds. The fraction of sp³-hybridized carbons (Fsp3) is 0.235. The number of nitrogens with zero attached hydrogens (tertiary/aromatic N) is 1. The minimum Gasteiger partial charge on any atom is -0.469 e. The van der Waals surface area contributed by atoms with E-state index in [1.54, 1.807) is 6.26 Å². The molecule has 2 heterocycles. The van der Waals surface area contributed by atoms with Crippen LogP contribution >= 0.6 is 0 Å². The summed E-state index contributed by atoms with van der Waals surface area (Å²) in [6.07, 6.45) is 1.65. The van der Waals surface area contributed by atoms with Gasteiger partial charge in [-0.1, -0.05) is 43.3 Å². The fourth-order valence-corrected chi connectivity index (χ4v) is 2.38. The zero-order chi connectivity index (χ0) is 15.0. The predicted molar refractivity (Wildman–Crippen MR) is 82.9 cm³/mol. The molecule has 3 rings (SSSR count). The summed E-state index contributed by atoms with van der Waals surface area (Å²) < 4.78 is 10.7. The third-order valence-electron chi connectivity index (χ3n) is 3.58. The van der Waals surface area contributed by atoms with E-state index < -0.39 is 0 Å². The molecule has 2 aromatic heterocycles. The van der Waals surface area contributed by atoms with E-state index in [1.165, 1.54) is 5.56 Å². The number of hydrogen-bond acceptors (Lipinski definition) is 4. The van der Waals surface area contributed by atoms with Crippen LogP contribution in [0.15, 0.2) is 45.5 Å². The molecule has 0 aliphatic carbocycles. The Labute approximate surface area is 123 Å². The summed E-state index contributed by atoms with van der Waals surface area (Å²) >= 11 is 0. The van der Waals surface area contributed by atoms with E-state index in [9.17, 15) is 0 Å². The van der Waals surface area contributed by atoms with E-state index in [4.69, 9.17) is 14.7 Å². The van der Waals surface area contributed by atoms with Crippen molar-refractivity contribution in [3.8, 4) is 22.5 Å². The van der Waals surface area contributed by atoms with Gasteiger partial charge in [-0.05, 0) is 30.0 Å². The quantitative estimate of drug-likeness (QED) is 0.761. The summed E-state index contributed by atoms with van der Waals surface area (Å²) in [6, 6.07) is 10.2. The van der Waals surface area contributed by atoms with Crippen LogP contribution in [0, 0.1) is 6.92 Å². The normalized spacial score (nSPS) is 11.2. The zero-order valence-corrected chi connectivity index (χ0v) is 12.4. The molecule has 0 radical (unpaired) electrons. The number of anilines is 1. The van der Waals surface area contributed by atoms with Gasteiger partial charge in [0.1, 0.15) is 12.0 Å². The fourth-order valence-electron chi connectivity index (χ4n) is 2.38. The van der Waals surface area contributed by atoms with Gasteiger partial charge in [0.05, 0.1) is 11.1 Å². The van der Waals surface area contributed by atoms with Gasteiger partial charge in [-0.3, -0.25) is 0 Å². The second-order valence-corrected chi connectivity index (χ2v) is 5.49. The highest BCUT2D eigenvalue weighted by Crippen LogP contribution is 2.37. The second kappa shape index (κ2) is 5.13. The number of nitrogen functional groups attached to an aromatic ring is 1. The van der Waals surface area contributed by atoms with E-state index in [1.807, 2.05) is 13.0 Å². The average molecular weight is 282 g/mol. The van der Waals surface area contributed by atoms with Crippen LogP contribution in [0.5, 0.6) is 0 Å². The highest BCUT2D eigenvalue weighted by Gasteiger charge is 2.19. The van der Waals surface area contributed by atoms with Crippen molar-refractivity contribution < 1.29 is 8.94 Å². The van der Waals surface area contributed by atoms with Gasteiger partial charge in [-0.2, -0.15) is 0 Å². The number of hydrogen-bond donors (Lipinski definition) is 1. The Kier molecular flexibility index (Phi) is 3.29. The van der Waals surface area contributed by atoms with Gasteiger partial charge < -0.3 is 14.7 Å². The molecule has 0 bridgehead atoms. The average Bonchev–Trinajstić information content (AvgIpc) is 3.05. The molecule has 0 aliphatic rings. The Morgan fingerprint density at radius 2 is 1.81 bits per heavy atom. The van der Waals surface area contributed by atoms with E-state index in [-0.39, 0.29) is 0 Å². The summed E-state index contributed by atoms with van der Waals surface area (Å²) in [5.41, 5.74) is 9.92. The van der Waals surface area contributed by atoms with Gasteiger partial charge in [0, 0.05) is 0 Å². The van der Waals surface area contributed by atoms with Crippen molar-refractivity contribution in [1.29, 1.82) is 0 Å². The Bertz CT molecular complexity index is 751. The van der Waals surface area contributed by atoms with Crippen molar-refractivity contribution in [2.24, 2.45) is 0 Å². The largest absolute Gasteiger partial charge is 0.469 e. The topological polar surface area (TPSA) is 65.2 Å². The highest BCUT2D eigenvalue weighted by atomic mass is 16.5. The van der Waals surface area contributed by atoms with Crippen LogP contribution < -0.4 is 5.73 Å². The zero-order valence-electron chi connectivity index (χ0n) is 12.4. The first-order valence-corrected chi connectivity index (χ1v) is 6.97. The van der Waals surface area contributed by atoms with E-state index in [0.717, 1.165) is 22.5 Å². The molecular formula is C17H18N2O2. The van der Waals surface area contributed by atoms with Crippen molar-refractivity contribution in [1.82, 2.24) is 5.16 Å². The molecule has 2 N–H and O–H groups in total. The van der Waals surface area contributed by atoms with Crippen molar-refractivity contribution in [3.05, 3.63) is 47.9 Å². The van der Waals surface area contributed by atoms with Gasteiger partial charge >= 0.3 is 0 Å². The Morgan fingerprint density at radius 3 is 2.38 bits per heavy atom. The SMILES string of the molecule is Cc1cc(-c2onc(N)c2-c2ccc(C(C)C)cc2)co1. The first-order valence-electron chi connectivity index (χ1n) is 6.97. The molecule has 0 fully saturated rings. The molecule has 1 aromatic carbocycles. The lowest BCUT2D eigenvalue weighted by Gasteiger charge is -2.06. The molecule has 0 saturated carbocycles. The summed E-state index contributed by atoms with van der Waals surface area (Å²) in [5.74, 6) is 2.35. The smallest absolute Gasteiger partial charge is 0.180 e. The van der Waals surface area contributed by atoms with E-state index >= 15 is 0 Å². The lowest BCUT2D eigenvalue weighted by molar-refractivity contribution is 0.435. The Balaban J connectivity index is 2.08. The van der Waals surface area contributed by atoms with Gasteiger partial charge in [-0.15, -0.1) is 0 Å². The summed E-state index contributed by atoms with van der Waals surface area (Å²) in [7, 11) is 0. The van der Waals surface area contributed by atoms with Crippen LogP contribution in [0.4, 0.5) is 5.82 Å². The van der Waals surface area contributed by atoms with Gasteiger partial charge in [0.2, 0.25) is 0 Å². The lowest BCUT2D eigenvalue weighted by Crippen LogP contribution is -1.90. The minimum absolute atomic E-state index is 0.390. The molecule has 4 nitrogen and oxygen atoms in total. The third-order valence-corrected chi connectivity index (χ3v) is 3.58. The number of rotatable bonds is 3. The van der Waals surface area contributed by atoms with Crippen LogP contribution in [-0.2, 0) is 0 Å². The second-order valence-electron chi connectivity index (χ2n) is 5.49. The highest BCUT2D eigenvalue weighted by molar-refractivity contribution is 5.86. The van der Waals surface area contributed by atoms with Gasteiger partial charge in [0.15, 0.2) is 11.6 Å². The maximum atomic E-state index is 5.98. The van der Waals surface area contributed by atoms with Crippen molar-refractivity contribution >= 4 is 5.82 Å². The summed E-state index contributed by atoms with van der Waals surface area (Å²) in [6.45, 7) is 6.23. The minimum atomic E-state index is 0.390. The predicted octanol–water partition coefficient (Wildman–Crippen LogP) is 4.62. The number of benzene rings is 1. The molecule has 0 saturated heterocycles. The van der Waals surface area contributed by atoms with E-state index in [0.29, 0.717) is 17.5 Å².